The van der Waals surface area contributed by atoms with Gasteiger partial charge in [-0.05, 0) is 37.5 Å². The van der Waals surface area contributed by atoms with Gasteiger partial charge in [0.25, 0.3) is 0 Å². The third kappa shape index (κ3) is 4.08. The summed E-state index contributed by atoms with van der Waals surface area (Å²) in [6.07, 6.45) is 1.98. The van der Waals surface area contributed by atoms with Crippen molar-refractivity contribution >= 4 is 11.7 Å². The maximum atomic E-state index is 14.1. The number of halogens is 1. The Morgan fingerprint density at radius 2 is 1.87 bits per heavy atom. The first kappa shape index (κ1) is 20.5. The zero-order valence-corrected chi connectivity index (χ0v) is 16.9. The number of ether oxygens (including phenoxy) is 1. The molecule has 3 atom stereocenters. The van der Waals surface area contributed by atoms with Crippen molar-refractivity contribution in [1.29, 1.82) is 0 Å². The van der Waals surface area contributed by atoms with Crippen molar-refractivity contribution in [2.24, 2.45) is 5.92 Å². The van der Waals surface area contributed by atoms with E-state index >= 15 is 0 Å². The summed E-state index contributed by atoms with van der Waals surface area (Å²) >= 11 is 0. The second-order valence-corrected chi connectivity index (χ2v) is 7.84. The fourth-order valence-electron chi connectivity index (χ4n) is 4.36. The molecule has 2 N–H and O–H groups in total. The highest BCUT2D eigenvalue weighted by atomic mass is 19.1. The summed E-state index contributed by atoms with van der Waals surface area (Å²) < 4.78 is 19.4. The number of hydrogen-bond acceptors (Lipinski definition) is 5. The number of likely N-dealkylation sites (tertiary alicyclic amines) is 1. The van der Waals surface area contributed by atoms with Gasteiger partial charge in [-0.25, -0.2) is 15.2 Å². The predicted octanol–water partition coefficient (Wildman–Crippen LogP) is 2.86. The van der Waals surface area contributed by atoms with Gasteiger partial charge in [-0.2, -0.15) is 0 Å². The van der Waals surface area contributed by atoms with Crippen LogP contribution in [0.2, 0.25) is 0 Å². The number of benzene rings is 2. The van der Waals surface area contributed by atoms with Crippen LogP contribution in [0.3, 0.4) is 0 Å². The van der Waals surface area contributed by atoms with Crippen molar-refractivity contribution in [2.75, 3.05) is 20.2 Å². The number of methoxy groups -OCH3 is 1. The second-order valence-electron chi connectivity index (χ2n) is 7.84. The van der Waals surface area contributed by atoms with Crippen LogP contribution >= 0.6 is 0 Å². The summed E-state index contributed by atoms with van der Waals surface area (Å²) in [5, 5.41) is 0. The molecule has 2 heterocycles. The molecule has 6 nitrogen and oxygen atoms in total. The van der Waals surface area contributed by atoms with E-state index in [-0.39, 0.29) is 29.5 Å². The summed E-state index contributed by atoms with van der Waals surface area (Å²) in [5.41, 5.74) is 7.15. The van der Waals surface area contributed by atoms with Crippen LogP contribution in [0.25, 0.3) is 0 Å². The first-order valence-electron chi connectivity index (χ1n) is 10.3. The standard InChI is InChI=1S/C23H26FN3O3/c1-30-21-11-5-3-9-17(21)22(28)15-7-6-12-27(14-15)23(29)20-13-19(25-26-20)16-8-2-4-10-18(16)24/h2-5,8-11,15,19-20,25-26H,6-7,12-14H2,1H3. The van der Waals surface area contributed by atoms with E-state index in [4.69, 9.17) is 4.74 Å². The maximum Gasteiger partial charge on any atom is 0.241 e. The molecule has 1 amide bonds. The summed E-state index contributed by atoms with van der Waals surface area (Å²) in [4.78, 5) is 27.9. The Morgan fingerprint density at radius 3 is 2.67 bits per heavy atom. The fraction of sp³-hybridized carbons (Fsp3) is 0.391. The predicted molar refractivity (Wildman–Crippen MR) is 110 cm³/mol. The number of carbonyl (C=O) groups is 2. The fourth-order valence-corrected chi connectivity index (χ4v) is 4.36. The Hall–Kier alpha value is -2.77. The topological polar surface area (TPSA) is 70.7 Å². The molecule has 2 saturated heterocycles. The Morgan fingerprint density at radius 1 is 1.10 bits per heavy atom. The molecule has 2 aliphatic rings. The van der Waals surface area contributed by atoms with Crippen LogP contribution in [0.5, 0.6) is 5.75 Å². The zero-order valence-electron chi connectivity index (χ0n) is 16.9. The first-order chi connectivity index (χ1) is 14.6. The van der Waals surface area contributed by atoms with E-state index in [1.165, 1.54) is 6.07 Å². The third-order valence-electron chi connectivity index (χ3n) is 5.96. The lowest BCUT2D eigenvalue weighted by Gasteiger charge is -2.33. The highest BCUT2D eigenvalue weighted by Gasteiger charge is 2.37. The molecule has 2 aromatic rings. The van der Waals surface area contributed by atoms with Crippen molar-refractivity contribution < 1.29 is 18.7 Å². The van der Waals surface area contributed by atoms with Crippen LogP contribution in [0.4, 0.5) is 4.39 Å². The van der Waals surface area contributed by atoms with E-state index in [0.717, 1.165) is 12.8 Å². The first-order valence-corrected chi connectivity index (χ1v) is 10.3. The Bertz CT molecular complexity index is 935. The van der Waals surface area contributed by atoms with Gasteiger partial charge in [0.1, 0.15) is 17.6 Å². The highest BCUT2D eigenvalue weighted by Crippen LogP contribution is 2.29. The summed E-state index contributed by atoms with van der Waals surface area (Å²) in [7, 11) is 1.55. The van der Waals surface area contributed by atoms with Gasteiger partial charge in [-0.15, -0.1) is 0 Å². The van der Waals surface area contributed by atoms with Crippen LogP contribution in [-0.4, -0.2) is 42.8 Å². The molecule has 2 fully saturated rings. The van der Waals surface area contributed by atoms with Crippen LogP contribution in [-0.2, 0) is 4.79 Å². The van der Waals surface area contributed by atoms with Gasteiger partial charge in [-0.1, -0.05) is 30.3 Å². The molecule has 158 valence electrons. The zero-order chi connectivity index (χ0) is 21.1. The second kappa shape index (κ2) is 8.93. The molecular weight excluding hydrogens is 385 g/mol. The minimum Gasteiger partial charge on any atom is -0.496 e. The van der Waals surface area contributed by atoms with Crippen LogP contribution < -0.4 is 15.6 Å². The Labute approximate surface area is 175 Å². The molecule has 0 aliphatic carbocycles. The van der Waals surface area contributed by atoms with Crippen LogP contribution in [0.15, 0.2) is 48.5 Å². The normalized spacial score (nSPS) is 23.9. The van der Waals surface area contributed by atoms with E-state index < -0.39 is 6.04 Å². The van der Waals surface area contributed by atoms with Crippen LogP contribution in [0, 0.1) is 11.7 Å². The van der Waals surface area contributed by atoms with E-state index in [1.54, 1.807) is 42.3 Å². The molecule has 0 bridgehead atoms. The summed E-state index contributed by atoms with van der Waals surface area (Å²) in [6, 6.07) is 13.1. The summed E-state index contributed by atoms with van der Waals surface area (Å²) in [5.74, 6) is -0.0352. The van der Waals surface area contributed by atoms with Crippen LogP contribution in [0.1, 0.15) is 41.2 Å². The number of rotatable bonds is 5. The van der Waals surface area contributed by atoms with Crippen molar-refractivity contribution in [3.63, 3.8) is 0 Å². The average molecular weight is 411 g/mol. The Kier molecular flexibility index (Phi) is 6.11. The molecule has 30 heavy (non-hydrogen) atoms. The van der Waals surface area contributed by atoms with Gasteiger partial charge in [0.15, 0.2) is 5.78 Å². The lowest BCUT2D eigenvalue weighted by molar-refractivity contribution is -0.134. The lowest BCUT2D eigenvalue weighted by atomic mass is 9.89. The molecule has 4 rings (SSSR count). The quantitative estimate of drug-likeness (QED) is 0.741. The van der Waals surface area contributed by atoms with Crippen molar-refractivity contribution in [3.8, 4) is 5.75 Å². The number of piperidine rings is 1. The number of nitrogens with zero attached hydrogens (tertiary/aromatic N) is 1. The number of amides is 1. The van der Waals surface area contributed by atoms with E-state index in [1.807, 2.05) is 12.1 Å². The molecular formula is C23H26FN3O3. The van der Waals surface area contributed by atoms with Crippen molar-refractivity contribution in [2.45, 2.75) is 31.3 Å². The van der Waals surface area contributed by atoms with Gasteiger partial charge in [0, 0.05) is 24.6 Å². The van der Waals surface area contributed by atoms with E-state index in [2.05, 4.69) is 10.9 Å². The van der Waals surface area contributed by atoms with E-state index in [0.29, 0.717) is 36.4 Å². The smallest absolute Gasteiger partial charge is 0.241 e. The minimum atomic E-state index is -0.449. The van der Waals surface area contributed by atoms with E-state index in [9.17, 15) is 14.0 Å². The van der Waals surface area contributed by atoms with Gasteiger partial charge in [0.05, 0.1) is 18.7 Å². The number of hydrazine groups is 1. The maximum absolute atomic E-state index is 14.1. The molecule has 7 heteroatoms. The molecule has 2 aliphatic heterocycles. The summed E-state index contributed by atoms with van der Waals surface area (Å²) in [6.45, 7) is 1.01. The number of ketones is 1. The lowest BCUT2D eigenvalue weighted by Crippen LogP contribution is -2.50. The SMILES string of the molecule is COc1ccccc1C(=O)C1CCCN(C(=O)C2CC(c3ccccc3F)NN2)C1. The van der Waals surface area contributed by atoms with Crippen molar-refractivity contribution in [1.82, 2.24) is 15.8 Å². The minimum absolute atomic E-state index is 0.00619. The number of hydrogen-bond donors (Lipinski definition) is 2. The monoisotopic (exact) mass is 411 g/mol. The molecule has 0 saturated carbocycles. The van der Waals surface area contributed by atoms with Gasteiger partial charge in [0.2, 0.25) is 5.91 Å². The number of para-hydroxylation sites is 1. The Balaban J connectivity index is 1.42. The van der Waals surface area contributed by atoms with Gasteiger partial charge < -0.3 is 9.64 Å². The number of Topliss-reactive ketones (excluding diaryl/α,β-unsaturated/α-hetero) is 1. The number of carbonyl (C=O) groups excluding carboxylic acids is 2. The largest absolute Gasteiger partial charge is 0.496 e. The average Bonchev–Trinajstić information content (AvgIpc) is 3.28. The van der Waals surface area contributed by atoms with Gasteiger partial charge >= 0.3 is 0 Å². The third-order valence-corrected chi connectivity index (χ3v) is 5.96. The highest BCUT2D eigenvalue weighted by molar-refractivity contribution is 6.00. The molecule has 0 radical (unpaired) electrons. The molecule has 0 aromatic heterocycles. The molecule has 3 unspecified atom stereocenters. The van der Waals surface area contributed by atoms with Gasteiger partial charge in [-0.3, -0.25) is 9.59 Å². The van der Waals surface area contributed by atoms with Crippen molar-refractivity contribution in [3.05, 3.63) is 65.5 Å². The molecule has 0 spiro atoms. The molecule has 2 aromatic carbocycles. The number of nitrogens with one attached hydrogen (secondary N) is 2.